The summed E-state index contributed by atoms with van der Waals surface area (Å²) in [7, 11) is 0. The Balaban J connectivity index is 2.12. The van der Waals surface area contributed by atoms with Crippen LogP contribution in [0.2, 0.25) is 0 Å². The van der Waals surface area contributed by atoms with Gasteiger partial charge in [-0.2, -0.15) is 0 Å². The second-order valence-electron chi connectivity index (χ2n) is 3.62. The van der Waals surface area contributed by atoms with Crippen LogP contribution in [0.1, 0.15) is 0 Å². The van der Waals surface area contributed by atoms with E-state index < -0.39 is 0 Å². The van der Waals surface area contributed by atoms with E-state index >= 15 is 0 Å². The van der Waals surface area contributed by atoms with Crippen LogP contribution in [-0.4, -0.2) is 38.2 Å². The summed E-state index contributed by atoms with van der Waals surface area (Å²) in [4.78, 5) is 16.1. The Labute approximate surface area is 107 Å². The van der Waals surface area contributed by atoms with E-state index in [0.29, 0.717) is 12.5 Å². The van der Waals surface area contributed by atoms with Crippen molar-refractivity contribution in [3.8, 4) is 11.5 Å². The molecule has 3 aromatic heterocycles. The van der Waals surface area contributed by atoms with Gasteiger partial charge < -0.3 is 15.4 Å². The lowest BCUT2D eigenvalue weighted by molar-refractivity contribution is 0.311. The van der Waals surface area contributed by atoms with Crippen molar-refractivity contribution >= 4 is 27.5 Å². The summed E-state index contributed by atoms with van der Waals surface area (Å²) in [5.74, 6) is 1.22. The number of aromatic nitrogens is 4. The van der Waals surface area contributed by atoms with Crippen LogP contribution in [0.5, 0.6) is 0 Å². The maximum Gasteiger partial charge on any atom is 0.224 e. The van der Waals surface area contributed by atoms with Crippen molar-refractivity contribution in [1.29, 1.82) is 0 Å². The number of rotatable bonds is 4. The topological polar surface area (TPSA) is 86.7 Å². The molecule has 0 unspecified atom stereocenters. The van der Waals surface area contributed by atoms with Gasteiger partial charge in [-0.05, 0) is 11.4 Å². The Morgan fingerprint density at radius 3 is 3.11 bits per heavy atom. The minimum absolute atomic E-state index is 0.0428. The van der Waals surface area contributed by atoms with Crippen LogP contribution in [0.15, 0.2) is 23.8 Å². The molecule has 0 saturated carbocycles. The van der Waals surface area contributed by atoms with Gasteiger partial charge in [0.1, 0.15) is 5.69 Å². The van der Waals surface area contributed by atoms with Gasteiger partial charge >= 0.3 is 0 Å². The molecule has 0 saturated heterocycles. The third-order valence-corrected chi connectivity index (χ3v) is 3.33. The number of aliphatic hydroxyl groups is 1. The van der Waals surface area contributed by atoms with Crippen LogP contribution in [0.4, 0.5) is 5.95 Å². The molecule has 0 spiro atoms. The number of aromatic amines is 1. The van der Waals surface area contributed by atoms with E-state index in [1.807, 2.05) is 11.4 Å². The van der Waals surface area contributed by atoms with Crippen molar-refractivity contribution in [1.82, 2.24) is 19.9 Å². The smallest absolute Gasteiger partial charge is 0.224 e. The molecule has 0 aliphatic carbocycles. The fraction of sp³-hybridized carbons (Fsp3) is 0.182. The normalized spacial score (nSPS) is 10.9. The summed E-state index contributed by atoms with van der Waals surface area (Å²) in [5, 5.41) is 13.8. The van der Waals surface area contributed by atoms with E-state index in [-0.39, 0.29) is 6.61 Å². The molecule has 0 amide bonds. The first-order valence-electron chi connectivity index (χ1n) is 5.48. The molecule has 18 heavy (non-hydrogen) atoms. The number of hydrogen-bond acceptors (Lipinski definition) is 6. The number of fused-ring (bicyclic) bond motifs is 1. The highest BCUT2D eigenvalue weighted by atomic mass is 32.1. The standard InChI is InChI=1S/C11H11N5OS/c17-5-4-14-11-15-7-1-6-18-9(7)8(16-11)10-12-2-3-13-10/h1-3,6,17H,4-5H2,(H,12,13)(H,14,15,16). The molecule has 6 nitrogen and oxygen atoms in total. The molecule has 0 aliphatic rings. The zero-order valence-corrected chi connectivity index (χ0v) is 10.2. The van der Waals surface area contributed by atoms with Gasteiger partial charge in [-0.1, -0.05) is 0 Å². The number of imidazole rings is 1. The summed E-state index contributed by atoms with van der Waals surface area (Å²) < 4.78 is 1.000. The van der Waals surface area contributed by atoms with E-state index in [4.69, 9.17) is 5.11 Å². The summed E-state index contributed by atoms with van der Waals surface area (Å²) in [6.45, 7) is 0.467. The fourth-order valence-corrected chi connectivity index (χ4v) is 2.49. The predicted molar refractivity (Wildman–Crippen MR) is 70.6 cm³/mol. The van der Waals surface area contributed by atoms with E-state index in [0.717, 1.165) is 21.7 Å². The van der Waals surface area contributed by atoms with Crippen LogP contribution >= 0.6 is 11.3 Å². The summed E-state index contributed by atoms with van der Waals surface area (Å²) in [6, 6.07) is 1.94. The van der Waals surface area contributed by atoms with Gasteiger partial charge in [0, 0.05) is 18.9 Å². The Kier molecular flexibility index (Phi) is 2.91. The number of anilines is 1. The van der Waals surface area contributed by atoms with E-state index in [1.54, 1.807) is 23.7 Å². The van der Waals surface area contributed by atoms with Crippen molar-refractivity contribution in [2.75, 3.05) is 18.5 Å². The van der Waals surface area contributed by atoms with Crippen LogP contribution in [0.3, 0.4) is 0 Å². The van der Waals surface area contributed by atoms with Crippen LogP contribution in [0, 0.1) is 0 Å². The van der Waals surface area contributed by atoms with Crippen LogP contribution < -0.4 is 5.32 Å². The van der Waals surface area contributed by atoms with Gasteiger partial charge in [0.15, 0.2) is 5.82 Å². The molecule has 0 atom stereocenters. The largest absolute Gasteiger partial charge is 0.395 e. The Bertz CT molecular complexity index is 649. The van der Waals surface area contributed by atoms with Crippen molar-refractivity contribution in [3.05, 3.63) is 23.8 Å². The molecule has 0 bridgehead atoms. The number of aliphatic hydroxyl groups excluding tert-OH is 1. The number of nitrogens with one attached hydrogen (secondary N) is 2. The average Bonchev–Trinajstić information content (AvgIpc) is 3.05. The van der Waals surface area contributed by atoms with E-state index in [1.165, 1.54) is 0 Å². The maximum absolute atomic E-state index is 8.82. The molecule has 0 aromatic carbocycles. The van der Waals surface area contributed by atoms with E-state index in [2.05, 4.69) is 25.3 Å². The van der Waals surface area contributed by atoms with Crippen molar-refractivity contribution in [2.24, 2.45) is 0 Å². The van der Waals surface area contributed by atoms with Gasteiger partial charge in [0.2, 0.25) is 5.95 Å². The first-order chi connectivity index (χ1) is 8.88. The Morgan fingerprint density at radius 1 is 1.39 bits per heavy atom. The SMILES string of the molecule is OCCNc1nc(-c2ncc[nH]2)c2sccc2n1. The molecule has 92 valence electrons. The Morgan fingerprint density at radius 2 is 2.33 bits per heavy atom. The van der Waals surface area contributed by atoms with Gasteiger partial charge in [-0.15, -0.1) is 11.3 Å². The first kappa shape index (κ1) is 11.1. The molecular formula is C11H11N5OS. The van der Waals surface area contributed by atoms with Gasteiger partial charge in [0.25, 0.3) is 0 Å². The third kappa shape index (κ3) is 1.93. The first-order valence-corrected chi connectivity index (χ1v) is 6.36. The number of H-pyrrole nitrogens is 1. The van der Waals surface area contributed by atoms with Gasteiger partial charge in [0.05, 0.1) is 16.8 Å². The lowest BCUT2D eigenvalue weighted by atomic mass is 10.3. The second-order valence-corrected chi connectivity index (χ2v) is 4.54. The molecular weight excluding hydrogens is 250 g/mol. The highest BCUT2D eigenvalue weighted by Gasteiger charge is 2.12. The molecule has 7 heteroatoms. The molecule has 3 rings (SSSR count). The van der Waals surface area contributed by atoms with Gasteiger partial charge in [-0.25, -0.2) is 15.0 Å². The maximum atomic E-state index is 8.82. The number of hydrogen-bond donors (Lipinski definition) is 3. The number of thiophene rings is 1. The van der Waals surface area contributed by atoms with Crippen molar-refractivity contribution in [2.45, 2.75) is 0 Å². The quantitative estimate of drug-likeness (QED) is 0.662. The second kappa shape index (κ2) is 4.71. The van der Waals surface area contributed by atoms with Crippen LogP contribution in [0.25, 0.3) is 21.7 Å². The Hall–Kier alpha value is -1.99. The zero-order chi connectivity index (χ0) is 12.4. The van der Waals surface area contributed by atoms with Crippen LogP contribution in [-0.2, 0) is 0 Å². The third-order valence-electron chi connectivity index (χ3n) is 2.42. The molecule has 3 heterocycles. The molecule has 0 fully saturated rings. The number of nitrogens with zero attached hydrogens (tertiary/aromatic N) is 3. The van der Waals surface area contributed by atoms with E-state index in [9.17, 15) is 0 Å². The van der Waals surface area contributed by atoms with Crippen molar-refractivity contribution in [3.63, 3.8) is 0 Å². The molecule has 3 N–H and O–H groups in total. The highest BCUT2D eigenvalue weighted by Crippen LogP contribution is 2.29. The van der Waals surface area contributed by atoms with Crippen molar-refractivity contribution < 1.29 is 5.11 Å². The minimum Gasteiger partial charge on any atom is -0.395 e. The summed E-state index contributed by atoms with van der Waals surface area (Å²) >= 11 is 1.58. The fourth-order valence-electron chi connectivity index (χ4n) is 1.67. The summed E-state index contributed by atoms with van der Waals surface area (Å²) in [6.07, 6.45) is 3.45. The average molecular weight is 261 g/mol. The summed E-state index contributed by atoms with van der Waals surface area (Å²) in [5.41, 5.74) is 1.65. The predicted octanol–water partition coefficient (Wildman–Crippen LogP) is 1.49. The zero-order valence-electron chi connectivity index (χ0n) is 9.42. The van der Waals surface area contributed by atoms with Gasteiger partial charge in [-0.3, -0.25) is 0 Å². The molecule has 0 radical (unpaired) electrons. The minimum atomic E-state index is 0.0428. The lowest BCUT2D eigenvalue weighted by Gasteiger charge is -2.05. The lowest BCUT2D eigenvalue weighted by Crippen LogP contribution is -2.09. The molecule has 0 aliphatic heterocycles. The molecule has 3 aromatic rings. The monoisotopic (exact) mass is 261 g/mol. The highest BCUT2D eigenvalue weighted by molar-refractivity contribution is 7.17.